The van der Waals surface area contributed by atoms with Crippen LogP contribution in [0.3, 0.4) is 0 Å². The second-order valence-electron chi connectivity index (χ2n) is 4.03. The van der Waals surface area contributed by atoms with Gasteiger partial charge in [-0.2, -0.15) is 0 Å². The van der Waals surface area contributed by atoms with Crippen molar-refractivity contribution in [1.29, 1.82) is 0 Å². The lowest BCUT2D eigenvalue weighted by molar-refractivity contribution is -0.385. The van der Waals surface area contributed by atoms with E-state index in [0.29, 0.717) is 5.56 Å². The fraction of sp³-hybridized carbons (Fsp3) is 0. The Hall–Kier alpha value is -2.82. The Balaban J connectivity index is 2.27. The number of carbonyl (C=O) groups excluding carboxylic acids is 1. The van der Waals surface area contributed by atoms with E-state index in [0.717, 1.165) is 0 Å². The number of halogens is 1. The average Bonchev–Trinajstić information content (AvgIpc) is 2.45. The van der Waals surface area contributed by atoms with Gasteiger partial charge in [-0.05, 0) is 29.8 Å². The lowest BCUT2D eigenvalue weighted by Crippen LogP contribution is -2.00. The molecule has 0 bridgehead atoms. The summed E-state index contributed by atoms with van der Waals surface area (Å²) in [5.74, 6) is -0.910. The summed E-state index contributed by atoms with van der Waals surface area (Å²) in [6, 6.07) is 11.4. The van der Waals surface area contributed by atoms with Gasteiger partial charge in [0.25, 0.3) is 5.69 Å². The van der Waals surface area contributed by atoms with Crippen molar-refractivity contribution in [2.24, 2.45) is 0 Å². The second-order valence-corrected chi connectivity index (χ2v) is 4.03. The topological polar surface area (TPSA) is 60.2 Å². The number of allylic oxidation sites excluding steroid dienone is 1. The first-order chi connectivity index (χ1) is 9.58. The van der Waals surface area contributed by atoms with Crippen molar-refractivity contribution >= 4 is 17.5 Å². The van der Waals surface area contributed by atoms with E-state index in [1.54, 1.807) is 12.1 Å². The molecule has 0 N–H and O–H groups in total. The minimum Gasteiger partial charge on any atom is -0.289 e. The lowest BCUT2D eigenvalue weighted by Gasteiger charge is -1.98. The van der Waals surface area contributed by atoms with Crippen molar-refractivity contribution in [3.8, 4) is 0 Å². The smallest absolute Gasteiger partial charge is 0.280 e. The molecular weight excluding hydrogens is 261 g/mol. The van der Waals surface area contributed by atoms with Crippen molar-refractivity contribution in [3.63, 3.8) is 0 Å². The fourth-order valence-electron chi connectivity index (χ4n) is 1.71. The van der Waals surface area contributed by atoms with Crippen LogP contribution in [-0.2, 0) is 0 Å². The van der Waals surface area contributed by atoms with Crippen molar-refractivity contribution in [2.45, 2.75) is 0 Å². The number of hydrogen-bond acceptors (Lipinski definition) is 3. The standard InChI is InChI=1S/C15H10FNO3/c16-12-5-3-4-11(10-12)8-9-15(18)13-6-1-2-7-14(13)17(19)20/h1-10H. The molecule has 2 rings (SSSR count). The van der Waals surface area contributed by atoms with Crippen LogP contribution in [0.25, 0.3) is 6.08 Å². The molecule has 0 atom stereocenters. The number of hydrogen-bond donors (Lipinski definition) is 0. The summed E-state index contributed by atoms with van der Waals surface area (Å²) in [5, 5.41) is 10.8. The Morgan fingerprint density at radius 1 is 1.15 bits per heavy atom. The highest BCUT2D eigenvalue weighted by molar-refractivity contribution is 6.09. The largest absolute Gasteiger partial charge is 0.289 e. The maximum atomic E-state index is 13.0. The molecule has 20 heavy (non-hydrogen) atoms. The van der Waals surface area contributed by atoms with Gasteiger partial charge < -0.3 is 0 Å². The molecule has 2 aromatic carbocycles. The van der Waals surface area contributed by atoms with Gasteiger partial charge in [-0.25, -0.2) is 4.39 Å². The molecule has 2 aromatic rings. The molecule has 0 unspecified atom stereocenters. The van der Waals surface area contributed by atoms with Crippen molar-refractivity contribution in [1.82, 2.24) is 0 Å². The van der Waals surface area contributed by atoms with Crippen LogP contribution in [-0.4, -0.2) is 10.7 Å². The normalized spacial score (nSPS) is 10.7. The van der Waals surface area contributed by atoms with Gasteiger partial charge in [-0.15, -0.1) is 0 Å². The number of rotatable bonds is 4. The summed E-state index contributed by atoms with van der Waals surface area (Å²) in [4.78, 5) is 22.2. The molecule has 0 fully saturated rings. The summed E-state index contributed by atoms with van der Waals surface area (Å²) >= 11 is 0. The first kappa shape index (κ1) is 13.6. The molecule has 0 saturated carbocycles. The average molecular weight is 271 g/mol. The van der Waals surface area contributed by atoms with Crippen LogP contribution in [0, 0.1) is 15.9 Å². The summed E-state index contributed by atoms with van der Waals surface area (Å²) in [6.07, 6.45) is 2.61. The Bertz CT molecular complexity index is 695. The highest BCUT2D eigenvalue weighted by atomic mass is 19.1. The Morgan fingerprint density at radius 2 is 1.90 bits per heavy atom. The highest BCUT2D eigenvalue weighted by Gasteiger charge is 2.16. The van der Waals surface area contributed by atoms with Crippen LogP contribution in [0.1, 0.15) is 15.9 Å². The van der Waals surface area contributed by atoms with Gasteiger partial charge in [0.15, 0.2) is 5.78 Å². The number of carbonyl (C=O) groups is 1. The predicted molar refractivity (Wildman–Crippen MR) is 72.9 cm³/mol. The molecule has 5 heteroatoms. The van der Waals surface area contributed by atoms with E-state index < -0.39 is 16.5 Å². The zero-order valence-electron chi connectivity index (χ0n) is 10.3. The van der Waals surface area contributed by atoms with Gasteiger partial charge in [-0.1, -0.05) is 30.3 Å². The van der Waals surface area contributed by atoms with Gasteiger partial charge in [0.2, 0.25) is 0 Å². The van der Waals surface area contributed by atoms with Crippen molar-refractivity contribution in [3.05, 3.63) is 81.7 Å². The molecule has 4 nitrogen and oxygen atoms in total. The molecular formula is C15H10FNO3. The molecule has 0 heterocycles. The van der Waals surface area contributed by atoms with E-state index >= 15 is 0 Å². The van der Waals surface area contributed by atoms with Crippen LogP contribution in [0.2, 0.25) is 0 Å². The van der Waals surface area contributed by atoms with E-state index in [4.69, 9.17) is 0 Å². The molecule has 0 amide bonds. The van der Waals surface area contributed by atoms with Crippen LogP contribution in [0.5, 0.6) is 0 Å². The molecule has 0 aliphatic carbocycles. The minimum absolute atomic E-state index is 0.00477. The number of para-hydroxylation sites is 1. The summed E-state index contributed by atoms with van der Waals surface area (Å²) in [7, 11) is 0. The third-order valence-corrected chi connectivity index (χ3v) is 2.64. The lowest BCUT2D eigenvalue weighted by atomic mass is 10.1. The molecule has 100 valence electrons. The Labute approximate surface area is 114 Å². The first-order valence-electron chi connectivity index (χ1n) is 5.79. The monoisotopic (exact) mass is 271 g/mol. The van der Waals surface area contributed by atoms with E-state index in [-0.39, 0.29) is 11.3 Å². The van der Waals surface area contributed by atoms with Gasteiger partial charge >= 0.3 is 0 Å². The maximum Gasteiger partial charge on any atom is 0.280 e. The third-order valence-electron chi connectivity index (χ3n) is 2.64. The number of nitrogens with zero attached hydrogens (tertiary/aromatic N) is 1. The van der Waals surface area contributed by atoms with E-state index in [1.807, 2.05) is 0 Å². The fourth-order valence-corrected chi connectivity index (χ4v) is 1.71. The molecule has 0 aromatic heterocycles. The zero-order valence-corrected chi connectivity index (χ0v) is 10.3. The van der Waals surface area contributed by atoms with Crippen molar-refractivity contribution in [2.75, 3.05) is 0 Å². The van der Waals surface area contributed by atoms with Gasteiger partial charge in [0.1, 0.15) is 5.82 Å². The molecule has 0 radical (unpaired) electrons. The SMILES string of the molecule is O=C(C=Cc1cccc(F)c1)c1ccccc1[N+](=O)[O-]. The number of ketones is 1. The molecule has 0 aliphatic heterocycles. The number of nitro benzene ring substituents is 1. The van der Waals surface area contributed by atoms with E-state index in [9.17, 15) is 19.3 Å². The highest BCUT2D eigenvalue weighted by Crippen LogP contribution is 2.19. The van der Waals surface area contributed by atoms with Crippen molar-refractivity contribution < 1.29 is 14.1 Å². The minimum atomic E-state index is -0.608. The molecule has 0 aliphatic rings. The summed E-state index contributed by atoms with van der Waals surface area (Å²) in [5.41, 5.74) is 0.267. The number of nitro groups is 1. The van der Waals surface area contributed by atoms with Crippen LogP contribution < -0.4 is 0 Å². The quantitative estimate of drug-likeness (QED) is 0.369. The Kier molecular flexibility index (Phi) is 4.00. The first-order valence-corrected chi connectivity index (χ1v) is 5.79. The summed E-state index contributed by atoms with van der Waals surface area (Å²) < 4.78 is 13.0. The van der Waals surface area contributed by atoms with Crippen LogP contribution in [0.15, 0.2) is 54.6 Å². The van der Waals surface area contributed by atoms with E-state index in [2.05, 4.69) is 0 Å². The van der Waals surface area contributed by atoms with Gasteiger partial charge in [0.05, 0.1) is 10.5 Å². The molecule has 0 saturated heterocycles. The zero-order chi connectivity index (χ0) is 14.5. The van der Waals surface area contributed by atoms with E-state index in [1.165, 1.54) is 48.6 Å². The molecule has 0 spiro atoms. The van der Waals surface area contributed by atoms with Gasteiger partial charge in [0, 0.05) is 6.07 Å². The second kappa shape index (κ2) is 5.88. The van der Waals surface area contributed by atoms with Gasteiger partial charge in [-0.3, -0.25) is 14.9 Å². The van der Waals surface area contributed by atoms with Crippen LogP contribution >= 0.6 is 0 Å². The Morgan fingerprint density at radius 3 is 2.60 bits per heavy atom. The predicted octanol–water partition coefficient (Wildman–Crippen LogP) is 3.63. The third kappa shape index (κ3) is 3.14. The van der Waals surface area contributed by atoms with Crippen LogP contribution in [0.4, 0.5) is 10.1 Å². The number of benzene rings is 2. The maximum absolute atomic E-state index is 13.0. The summed E-state index contributed by atoms with van der Waals surface area (Å²) in [6.45, 7) is 0.